The van der Waals surface area contributed by atoms with Crippen molar-refractivity contribution in [2.75, 3.05) is 25.1 Å². The second-order valence-electron chi connectivity index (χ2n) is 6.06. The summed E-state index contributed by atoms with van der Waals surface area (Å²) in [5, 5.41) is 0. The van der Waals surface area contributed by atoms with Crippen LogP contribution in [0.2, 0.25) is 0 Å². The van der Waals surface area contributed by atoms with Crippen LogP contribution in [0.5, 0.6) is 5.75 Å². The number of halogens is 1. The number of methoxy groups -OCH3 is 1. The number of hydrogen-bond donors (Lipinski definition) is 0. The number of benzene rings is 1. The molecule has 1 aliphatic rings. The zero-order valence-corrected chi connectivity index (χ0v) is 14.8. The summed E-state index contributed by atoms with van der Waals surface area (Å²) >= 11 is 3.44. The van der Waals surface area contributed by atoms with Crippen molar-refractivity contribution >= 4 is 21.7 Å². The summed E-state index contributed by atoms with van der Waals surface area (Å²) in [6.07, 6.45) is 1.83. The molecule has 0 N–H and O–H groups in total. The van der Waals surface area contributed by atoms with Crippen LogP contribution in [0.15, 0.2) is 41.0 Å². The van der Waals surface area contributed by atoms with Gasteiger partial charge in [-0.1, -0.05) is 38.1 Å². The fraction of sp³-hybridized carbons (Fsp3) is 0.389. The monoisotopic (exact) mass is 360 g/mol. The molecule has 0 unspecified atom stereocenters. The van der Waals surface area contributed by atoms with Crippen molar-refractivity contribution in [1.82, 2.24) is 4.98 Å². The van der Waals surface area contributed by atoms with Gasteiger partial charge in [0.15, 0.2) is 11.6 Å². The maximum atomic E-state index is 5.45. The molecule has 1 aromatic heterocycles. The number of hydrogen-bond acceptors (Lipinski definition) is 3. The van der Waals surface area contributed by atoms with E-state index in [9.17, 15) is 0 Å². The Morgan fingerprint density at radius 3 is 2.68 bits per heavy atom. The molecule has 1 aromatic carbocycles. The second kappa shape index (κ2) is 6.29. The van der Waals surface area contributed by atoms with Crippen LogP contribution in [-0.4, -0.2) is 25.2 Å². The zero-order chi connectivity index (χ0) is 15.7. The number of aromatic nitrogens is 1. The first-order chi connectivity index (χ1) is 10.6. The molecular formula is C18H21BrN2O. The van der Waals surface area contributed by atoms with E-state index in [1.165, 1.54) is 11.1 Å². The third kappa shape index (κ3) is 2.84. The van der Waals surface area contributed by atoms with Crippen LogP contribution in [0.4, 0.5) is 5.82 Å². The van der Waals surface area contributed by atoms with Gasteiger partial charge < -0.3 is 9.64 Å². The summed E-state index contributed by atoms with van der Waals surface area (Å²) in [4.78, 5) is 6.80. The Kier molecular flexibility index (Phi) is 4.39. The molecule has 0 radical (unpaired) electrons. The Balaban J connectivity index is 1.78. The molecule has 0 spiro atoms. The van der Waals surface area contributed by atoms with Gasteiger partial charge in [-0.2, -0.15) is 0 Å². The zero-order valence-electron chi connectivity index (χ0n) is 13.2. The minimum absolute atomic E-state index is 0.561. The first-order valence-corrected chi connectivity index (χ1v) is 8.42. The molecule has 1 fully saturated rings. The quantitative estimate of drug-likeness (QED) is 0.797. The minimum atomic E-state index is 0.561. The standard InChI is InChI=1S/C18H21BrN2O/c1-12(2)15-6-4-5-7-16(15)13-10-21(11-13)18-17(22-3)8-14(19)9-20-18/h4-9,12-13H,10-11H2,1-3H3. The fourth-order valence-electron chi connectivity index (χ4n) is 3.06. The van der Waals surface area contributed by atoms with Gasteiger partial charge in [0.05, 0.1) is 7.11 Å². The lowest BCUT2D eigenvalue weighted by atomic mass is 9.84. The number of nitrogens with zero attached hydrogens (tertiary/aromatic N) is 2. The number of rotatable bonds is 4. The Labute approximate surface area is 140 Å². The van der Waals surface area contributed by atoms with E-state index in [2.05, 4.69) is 63.9 Å². The lowest BCUT2D eigenvalue weighted by molar-refractivity contribution is 0.405. The molecule has 2 heterocycles. The van der Waals surface area contributed by atoms with Crippen LogP contribution < -0.4 is 9.64 Å². The molecule has 0 atom stereocenters. The lowest BCUT2D eigenvalue weighted by Crippen LogP contribution is -2.46. The van der Waals surface area contributed by atoms with Crippen LogP contribution in [0.25, 0.3) is 0 Å². The van der Waals surface area contributed by atoms with Gasteiger partial charge in [-0.25, -0.2) is 4.98 Å². The van der Waals surface area contributed by atoms with Crippen LogP contribution in [0.3, 0.4) is 0 Å². The van der Waals surface area contributed by atoms with Crippen molar-refractivity contribution in [1.29, 1.82) is 0 Å². The van der Waals surface area contributed by atoms with Gasteiger partial charge in [0.25, 0.3) is 0 Å². The Morgan fingerprint density at radius 1 is 1.27 bits per heavy atom. The van der Waals surface area contributed by atoms with Crippen molar-refractivity contribution in [3.05, 3.63) is 52.1 Å². The third-order valence-corrected chi connectivity index (χ3v) is 4.69. The normalized spacial score (nSPS) is 15.0. The van der Waals surface area contributed by atoms with Crippen LogP contribution in [0, 0.1) is 0 Å². The van der Waals surface area contributed by atoms with Gasteiger partial charge in [0, 0.05) is 29.7 Å². The molecular weight excluding hydrogens is 340 g/mol. The molecule has 4 heteroatoms. The van der Waals surface area contributed by atoms with Gasteiger partial charge in [-0.15, -0.1) is 0 Å². The Morgan fingerprint density at radius 2 is 2.00 bits per heavy atom. The highest BCUT2D eigenvalue weighted by Gasteiger charge is 2.32. The maximum absolute atomic E-state index is 5.45. The molecule has 0 saturated carbocycles. The highest BCUT2D eigenvalue weighted by molar-refractivity contribution is 9.10. The van der Waals surface area contributed by atoms with E-state index in [4.69, 9.17) is 4.74 Å². The van der Waals surface area contributed by atoms with Crippen molar-refractivity contribution in [3.8, 4) is 5.75 Å². The first kappa shape index (κ1) is 15.3. The van der Waals surface area contributed by atoms with Crippen LogP contribution in [-0.2, 0) is 0 Å². The first-order valence-electron chi connectivity index (χ1n) is 7.63. The summed E-state index contributed by atoms with van der Waals surface area (Å²) in [7, 11) is 1.69. The predicted octanol–water partition coefficient (Wildman–Crippen LogP) is 4.58. The van der Waals surface area contributed by atoms with Gasteiger partial charge in [0.2, 0.25) is 0 Å². The van der Waals surface area contributed by atoms with Crippen molar-refractivity contribution in [3.63, 3.8) is 0 Å². The highest BCUT2D eigenvalue weighted by atomic mass is 79.9. The SMILES string of the molecule is COc1cc(Br)cnc1N1CC(c2ccccc2C(C)C)C1. The summed E-state index contributed by atoms with van der Waals surface area (Å²) in [5.41, 5.74) is 2.94. The smallest absolute Gasteiger partial charge is 0.171 e. The summed E-state index contributed by atoms with van der Waals surface area (Å²) < 4.78 is 6.39. The minimum Gasteiger partial charge on any atom is -0.493 e. The Bertz CT molecular complexity index is 666. The highest BCUT2D eigenvalue weighted by Crippen LogP contribution is 2.38. The number of ether oxygens (including phenoxy) is 1. The van der Waals surface area contributed by atoms with Crippen molar-refractivity contribution in [2.24, 2.45) is 0 Å². The second-order valence-corrected chi connectivity index (χ2v) is 6.98. The summed E-state index contributed by atoms with van der Waals surface area (Å²) in [6, 6.07) is 10.8. The molecule has 22 heavy (non-hydrogen) atoms. The molecule has 0 aliphatic carbocycles. The van der Waals surface area contributed by atoms with Crippen LogP contribution >= 0.6 is 15.9 Å². The van der Waals surface area contributed by atoms with E-state index in [0.29, 0.717) is 11.8 Å². The number of anilines is 1. The van der Waals surface area contributed by atoms with E-state index >= 15 is 0 Å². The fourth-order valence-corrected chi connectivity index (χ4v) is 3.37. The average Bonchev–Trinajstić information content (AvgIpc) is 2.47. The lowest BCUT2D eigenvalue weighted by Gasteiger charge is -2.42. The largest absolute Gasteiger partial charge is 0.493 e. The van der Waals surface area contributed by atoms with E-state index in [1.54, 1.807) is 7.11 Å². The van der Waals surface area contributed by atoms with Gasteiger partial charge in [-0.05, 0) is 39.0 Å². The topological polar surface area (TPSA) is 25.4 Å². The molecule has 3 nitrogen and oxygen atoms in total. The van der Waals surface area contributed by atoms with E-state index in [0.717, 1.165) is 29.1 Å². The summed E-state index contributed by atoms with van der Waals surface area (Å²) in [6.45, 7) is 6.51. The van der Waals surface area contributed by atoms with Crippen molar-refractivity contribution in [2.45, 2.75) is 25.7 Å². The Hall–Kier alpha value is -1.55. The van der Waals surface area contributed by atoms with Gasteiger partial charge in [-0.3, -0.25) is 0 Å². The molecule has 116 valence electrons. The van der Waals surface area contributed by atoms with E-state index in [-0.39, 0.29) is 0 Å². The van der Waals surface area contributed by atoms with Crippen molar-refractivity contribution < 1.29 is 4.74 Å². The van der Waals surface area contributed by atoms with E-state index < -0.39 is 0 Å². The molecule has 3 rings (SSSR count). The molecule has 0 amide bonds. The molecule has 2 aromatic rings. The van der Waals surface area contributed by atoms with E-state index in [1.807, 2.05) is 12.3 Å². The molecule has 1 aliphatic heterocycles. The van der Waals surface area contributed by atoms with Gasteiger partial charge >= 0.3 is 0 Å². The van der Waals surface area contributed by atoms with Crippen LogP contribution in [0.1, 0.15) is 36.8 Å². The third-order valence-electron chi connectivity index (χ3n) is 4.26. The predicted molar refractivity (Wildman–Crippen MR) is 94.0 cm³/mol. The molecule has 0 bridgehead atoms. The maximum Gasteiger partial charge on any atom is 0.171 e. The average molecular weight is 361 g/mol. The molecule has 1 saturated heterocycles. The summed E-state index contributed by atoms with van der Waals surface area (Å²) in [5.74, 6) is 2.90. The number of pyridine rings is 1. The van der Waals surface area contributed by atoms with Gasteiger partial charge in [0.1, 0.15) is 0 Å².